The third kappa shape index (κ3) is 6.40. The zero-order valence-electron chi connectivity index (χ0n) is 15.8. The number of amides is 2. The van der Waals surface area contributed by atoms with Crippen LogP contribution in [0.5, 0.6) is 5.75 Å². The van der Waals surface area contributed by atoms with Gasteiger partial charge in [0.25, 0.3) is 0 Å². The number of para-hydroxylation sites is 1. The minimum atomic E-state index is -0.930. The van der Waals surface area contributed by atoms with Crippen LogP contribution in [-0.4, -0.2) is 24.0 Å². The van der Waals surface area contributed by atoms with Crippen molar-refractivity contribution in [3.8, 4) is 5.75 Å². The maximum absolute atomic E-state index is 12.3. The highest BCUT2D eigenvalue weighted by Crippen LogP contribution is 2.23. The molecule has 3 aromatic carbocycles. The topological polar surface area (TPSA) is 96.9 Å². The molecule has 0 aliphatic rings. The van der Waals surface area contributed by atoms with E-state index in [0.29, 0.717) is 16.3 Å². The molecule has 0 radical (unpaired) electrons. The van der Waals surface area contributed by atoms with Crippen molar-refractivity contribution in [2.75, 3.05) is 5.32 Å². The quantitative estimate of drug-likeness (QED) is 0.197. The van der Waals surface area contributed by atoms with E-state index in [0.717, 1.165) is 0 Å². The molecule has 2 amide bonds. The van der Waals surface area contributed by atoms with Gasteiger partial charge in [0.15, 0.2) is 0 Å². The van der Waals surface area contributed by atoms with Gasteiger partial charge in [0, 0.05) is 10.7 Å². The fraction of sp³-hybridized carbons (Fsp3) is 0. The number of benzene rings is 3. The monoisotopic (exact) mass is 455 g/mol. The first-order valence-corrected chi connectivity index (χ1v) is 9.65. The first-order chi connectivity index (χ1) is 14.9. The second kappa shape index (κ2) is 10.4. The van der Waals surface area contributed by atoms with Crippen LogP contribution >= 0.6 is 23.2 Å². The molecule has 0 aromatic heterocycles. The SMILES string of the molecule is O=C(N/N=C\c1cccc(OC(=O)c2ccc(Cl)cc2Cl)c1)C(=O)Nc1ccccc1. The van der Waals surface area contributed by atoms with Crippen molar-refractivity contribution in [3.63, 3.8) is 0 Å². The summed E-state index contributed by atoms with van der Waals surface area (Å²) in [6, 6.07) is 19.4. The lowest BCUT2D eigenvalue weighted by atomic mass is 10.2. The van der Waals surface area contributed by atoms with E-state index < -0.39 is 17.8 Å². The van der Waals surface area contributed by atoms with Gasteiger partial charge in [-0.3, -0.25) is 9.59 Å². The molecule has 2 N–H and O–H groups in total. The number of carbonyl (C=O) groups excluding carboxylic acids is 3. The number of ether oxygens (including phenoxy) is 1. The lowest BCUT2D eigenvalue weighted by Gasteiger charge is -2.07. The molecule has 3 rings (SSSR count). The Balaban J connectivity index is 1.58. The molecule has 0 atom stereocenters. The molecule has 0 bridgehead atoms. The van der Waals surface area contributed by atoms with Crippen LogP contribution in [0.2, 0.25) is 10.0 Å². The average molecular weight is 456 g/mol. The van der Waals surface area contributed by atoms with Gasteiger partial charge in [-0.05, 0) is 48.0 Å². The van der Waals surface area contributed by atoms with Gasteiger partial charge in [-0.15, -0.1) is 0 Å². The van der Waals surface area contributed by atoms with Gasteiger partial charge >= 0.3 is 17.8 Å². The molecule has 156 valence electrons. The van der Waals surface area contributed by atoms with E-state index in [1.54, 1.807) is 48.5 Å². The highest BCUT2D eigenvalue weighted by Gasteiger charge is 2.14. The molecule has 0 fully saturated rings. The van der Waals surface area contributed by atoms with Gasteiger partial charge in [0.2, 0.25) is 0 Å². The first kappa shape index (κ1) is 22.0. The summed E-state index contributed by atoms with van der Waals surface area (Å²) in [6.07, 6.45) is 1.31. The fourth-order valence-corrected chi connectivity index (χ4v) is 2.89. The Labute approximate surface area is 187 Å². The summed E-state index contributed by atoms with van der Waals surface area (Å²) in [4.78, 5) is 36.0. The maximum Gasteiger partial charge on any atom is 0.345 e. The Morgan fingerprint density at radius 1 is 0.871 bits per heavy atom. The van der Waals surface area contributed by atoms with Crippen molar-refractivity contribution in [1.82, 2.24) is 5.43 Å². The van der Waals surface area contributed by atoms with Gasteiger partial charge in [0.1, 0.15) is 5.75 Å². The second-order valence-electron chi connectivity index (χ2n) is 6.11. The summed E-state index contributed by atoms with van der Waals surface area (Å²) in [5.41, 5.74) is 3.31. The number of anilines is 1. The largest absolute Gasteiger partial charge is 0.423 e. The number of nitrogens with zero attached hydrogens (tertiary/aromatic N) is 1. The summed E-state index contributed by atoms with van der Waals surface area (Å²) < 4.78 is 5.31. The third-order valence-electron chi connectivity index (χ3n) is 3.84. The predicted octanol–water partition coefficient (Wildman–Crippen LogP) is 4.30. The zero-order chi connectivity index (χ0) is 22.2. The number of nitrogens with one attached hydrogen (secondary N) is 2. The Kier molecular flexibility index (Phi) is 7.37. The molecule has 31 heavy (non-hydrogen) atoms. The molecular formula is C22H15Cl2N3O4. The van der Waals surface area contributed by atoms with Crippen molar-refractivity contribution >= 4 is 52.9 Å². The van der Waals surface area contributed by atoms with Crippen molar-refractivity contribution in [1.29, 1.82) is 0 Å². The van der Waals surface area contributed by atoms with Crippen LogP contribution in [0, 0.1) is 0 Å². The van der Waals surface area contributed by atoms with Gasteiger partial charge in [-0.1, -0.05) is 53.5 Å². The summed E-state index contributed by atoms with van der Waals surface area (Å²) in [7, 11) is 0. The zero-order valence-corrected chi connectivity index (χ0v) is 17.4. The molecule has 0 saturated heterocycles. The summed E-state index contributed by atoms with van der Waals surface area (Å²) in [5.74, 6) is -2.19. The molecule has 0 heterocycles. The van der Waals surface area contributed by atoms with Crippen molar-refractivity contribution in [2.45, 2.75) is 0 Å². The smallest absolute Gasteiger partial charge is 0.345 e. The van der Waals surface area contributed by atoms with E-state index in [1.165, 1.54) is 30.5 Å². The fourth-order valence-electron chi connectivity index (χ4n) is 2.40. The summed E-state index contributed by atoms with van der Waals surface area (Å²) in [6.45, 7) is 0. The molecule has 7 nitrogen and oxygen atoms in total. The highest BCUT2D eigenvalue weighted by atomic mass is 35.5. The Morgan fingerprint density at radius 2 is 1.65 bits per heavy atom. The molecule has 0 aliphatic carbocycles. The third-order valence-corrected chi connectivity index (χ3v) is 4.39. The van der Waals surface area contributed by atoms with Crippen molar-refractivity contribution in [3.05, 3.63) is 94.0 Å². The van der Waals surface area contributed by atoms with Crippen LogP contribution in [0.3, 0.4) is 0 Å². The van der Waals surface area contributed by atoms with Crippen LogP contribution in [0.1, 0.15) is 15.9 Å². The lowest BCUT2D eigenvalue weighted by Crippen LogP contribution is -2.32. The standard InChI is InChI=1S/C22H15Cl2N3O4/c23-15-9-10-18(19(24)12-15)22(30)31-17-8-4-5-14(11-17)13-25-27-21(29)20(28)26-16-6-2-1-3-7-16/h1-13H,(H,26,28)(H,27,29)/b25-13-. The Bertz CT molecular complexity index is 1150. The minimum Gasteiger partial charge on any atom is -0.423 e. The van der Waals surface area contributed by atoms with Gasteiger partial charge in [-0.2, -0.15) is 5.10 Å². The molecule has 0 unspecified atom stereocenters. The Morgan fingerprint density at radius 3 is 2.39 bits per heavy atom. The first-order valence-electron chi connectivity index (χ1n) is 8.89. The number of halogens is 2. The van der Waals surface area contributed by atoms with E-state index >= 15 is 0 Å². The number of hydrogen-bond acceptors (Lipinski definition) is 5. The van der Waals surface area contributed by atoms with Crippen molar-refractivity contribution in [2.24, 2.45) is 5.10 Å². The minimum absolute atomic E-state index is 0.168. The number of esters is 1. The molecule has 0 saturated carbocycles. The van der Waals surface area contributed by atoms with Crippen LogP contribution in [0.15, 0.2) is 77.9 Å². The average Bonchev–Trinajstić information content (AvgIpc) is 2.74. The van der Waals surface area contributed by atoms with E-state index in [2.05, 4.69) is 15.8 Å². The van der Waals surface area contributed by atoms with E-state index in [9.17, 15) is 14.4 Å². The van der Waals surface area contributed by atoms with Gasteiger partial charge in [0.05, 0.1) is 16.8 Å². The summed E-state index contributed by atoms with van der Waals surface area (Å²) in [5, 5.41) is 6.76. The van der Waals surface area contributed by atoms with E-state index in [-0.39, 0.29) is 16.3 Å². The molecule has 0 spiro atoms. The van der Waals surface area contributed by atoms with E-state index in [1.807, 2.05) is 0 Å². The van der Waals surface area contributed by atoms with Crippen LogP contribution in [0.25, 0.3) is 0 Å². The van der Waals surface area contributed by atoms with Crippen LogP contribution in [0.4, 0.5) is 5.69 Å². The van der Waals surface area contributed by atoms with Crippen LogP contribution < -0.4 is 15.5 Å². The maximum atomic E-state index is 12.3. The number of hydrazone groups is 1. The predicted molar refractivity (Wildman–Crippen MR) is 119 cm³/mol. The van der Waals surface area contributed by atoms with E-state index in [4.69, 9.17) is 27.9 Å². The molecule has 3 aromatic rings. The van der Waals surface area contributed by atoms with Gasteiger partial charge in [-0.25, -0.2) is 10.2 Å². The van der Waals surface area contributed by atoms with Crippen molar-refractivity contribution < 1.29 is 19.1 Å². The van der Waals surface area contributed by atoms with Gasteiger partial charge < -0.3 is 10.1 Å². The number of hydrogen-bond donors (Lipinski definition) is 2. The van der Waals surface area contributed by atoms with Crippen LogP contribution in [-0.2, 0) is 9.59 Å². The molecule has 0 aliphatic heterocycles. The highest BCUT2D eigenvalue weighted by molar-refractivity contribution is 6.39. The number of rotatable bonds is 5. The Hall–Kier alpha value is -3.68. The molecule has 9 heteroatoms. The normalized spacial score (nSPS) is 10.5. The number of carbonyl (C=O) groups is 3. The molecular weight excluding hydrogens is 441 g/mol. The second-order valence-corrected chi connectivity index (χ2v) is 6.95. The summed E-state index contributed by atoms with van der Waals surface area (Å²) >= 11 is 11.8. The lowest BCUT2D eigenvalue weighted by molar-refractivity contribution is -0.136.